The maximum absolute atomic E-state index is 12.7. The van der Waals surface area contributed by atoms with E-state index in [2.05, 4.69) is 21.2 Å². The van der Waals surface area contributed by atoms with E-state index in [0.29, 0.717) is 16.7 Å². The Morgan fingerprint density at radius 2 is 1.48 bits per heavy atom. The van der Waals surface area contributed by atoms with Crippen LogP contribution < -0.4 is 5.32 Å². The van der Waals surface area contributed by atoms with Gasteiger partial charge in [0.1, 0.15) is 0 Å². The second-order valence-corrected chi connectivity index (χ2v) is 6.57. The third-order valence-electron chi connectivity index (χ3n) is 3.89. The summed E-state index contributed by atoms with van der Waals surface area (Å²) in [7, 11) is 0. The van der Waals surface area contributed by atoms with Crippen LogP contribution in [0.2, 0.25) is 0 Å². The Morgan fingerprint density at radius 3 is 2.16 bits per heavy atom. The molecule has 0 radical (unpaired) electrons. The van der Waals surface area contributed by atoms with Crippen molar-refractivity contribution in [2.24, 2.45) is 0 Å². The number of carbonyl (C=O) groups is 2. The van der Waals surface area contributed by atoms with Crippen LogP contribution in [0.3, 0.4) is 0 Å². The fourth-order valence-electron chi connectivity index (χ4n) is 2.58. The van der Waals surface area contributed by atoms with Crippen molar-refractivity contribution in [2.45, 2.75) is 6.92 Å². The fourth-order valence-corrected chi connectivity index (χ4v) is 3.06. The molecule has 3 aromatic rings. The van der Waals surface area contributed by atoms with Crippen molar-refractivity contribution < 1.29 is 9.59 Å². The molecule has 0 aliphatic carbocycles. The van der Waals surface area contributed by atoms with Crippen molar-refractivity contribution >= 4 is 33.3 Å². The van der Waals surface area contributed by atoms with Gasteiger partial charge in [-0.1, -0.05) is 64.5 Å². The van der Waals surface area contributed by atoms with Gasteiger partial charge in [-0.05, 0) is 36.8 Å². The monoisotopic (exact) mass is 393 g/mol. The minimum Gasteiger partial charge on any atom is -0.322 e. The highest BCUT2D eigenvalue weighted by Crippen LogP contribution is 2.22. The number of hydrogen-bond acceptors (Lipinski definition) is 2. The SMILES string of the molecule is Cc1cc(Br)ccc1NC(=O)c1ccccc1C(=O)c1ccccc1. The third kappa shape index (κ3) is 3.86. The molecule has 0 spiro atoms. The van der Waals surface area contributed by atoms with Gasteiger partial charge in [0, 0.05) is 21.3 Å². The van der Waals surface area contributed by atoms with E-state index >= 15 is 0 Å². The zero-order valence-electron chi connectivity index (χ0n) is 13.6. The molecule has 4 heteroatoms. The van der Waals surface area contributed by atoms with Crippen LogP contribution in [0.5, 0.6) is 0 Å². The number of rotatable bonds is 4. The first-order valence-electron chi connectivity index (χ1n) is 7.82. The Bertz CT molecular complexity index is 936. The average molecular weight is 394 g/mol. The highest BCUT2D eigenvalue weighted by molar-refractivity contribution is 9.10. The zero-order chi connectivity index (χ0) is 17.8. The molecule has 0 saturated heterocycles. The van der Waals surface area contributed by atoms with Crippen molar-refractivity contribution in [2.75, 3.05) is 5.32 Å². The molecule has 0 unspecified atom stereocenters. The van der Waals surface area contributed by atoms with Gasteiger partial charge in [0.2, 0.25) is 0 Å². The van der Waals surface area contributed by atoms with Gasteiger partial charge in [-0.2, -0.15) is 0 Å². The highest BCUT2D eigenvalue weighted by atomic mass is 79.9. The Hall–Kier alpha value is -2.72. The van der Waals surface area contributed by atoms with Gasteiger partial charge in [0.15, 0.2) is 5.78 Å². The molecule has 0 heterocycles. The van der Waals surface area contributed by atoms with Crippen LogP contribution >= 0.6 is 15.9 Å². The molecule has 1 N–H and O–H groups in total. The highest BCUT2D eigenvalue weighted by Gasteiger charge is 2.18. The number of nitrogens with one attached hydrogen (secondary N) is 1. The first kappa shape index (κ1) is 17.1. The normalized spacial score (nSPS) is 10.3. The van der Waals surface area contributed by atoms with Crippen molar-refractivity contribution in [3.63, 3.8) is 0 Å². The Labute approximate surface area is 154 Å². The largest absolute Gasteiger partial charge is 0.322 e. The Balaban J connectivity index is 1.92. The van der Waals surface area contributed by atoms with Gasteiger partial charge >= 0.3 is 0 Å². The lowest BCUT2D eigenvalue weighted by molar-refractivity contribution is 0.0996. The Kier molecular flexibility index (Phi) is 5.10. The summed E-state index contributed by atoms with van der Waals surface area (Å²) in [6, 6.07) is 21.4. The molecule has 0 aliphatic heterocycles. The minimum absolute atomic E-state index is 0.168. The predicted molar refractivity (Wildman–Crippen MR) is 103 cm³/mol. The smallest absolute Gasteiger partial charge is 0.256 e. The molecule has 1 amide bonds. The van der Waals surface area contributed by atoms with Gasteiger partial charge in [0.05, 0.1) is 5.56 Å². The second kappa shape index (κ2) is 7.45. The predicted octanol–water partition coefficient (Wildman–Crippen LogP) is 5.24. The van der Waals surface area contributed by atoms with Gasteiger partial charge in [0.25, 0.3) is 5.91 Å². The number of amides is 1. The molecule has 0 aliphatic rings. The molecule has 3 aromatic carbocycles. The van der Waals surface area contributed by atoms with Gasteiger partial charge in [-0.15, -0.1) is 0 Å². The summed E-state index contributed by atoms with van der Waals surface area (Å²) >= 11 is 3.41. The molecule has 3 nitrogen and oxygen atoms in total. The lowest BCUT2D eigenvalue weighted by atomic mass is 9.98. The van der Waals surface area contributed by atoms with E-state index < -0.39 is 0 Å². The van der Waals surface area contributed by atoms with E-state index in [0.717, 1.165) is 15.7 Å². The van der Waals surface area contributed by atoms with Crippen molar-refractivity contribution in [1.29, 1.82) is 0 Å². The van der Waals surface area contributed by atoms with Crippen LogP contribution in [0.1, 0.15) is 31.8 Å². The summed E-state index contributed by atoms with van der Waals surface area (Å²) in [5.74, 6) is -0.468. The lowest BCUT2D eigenvalue weighted by Gasteiger charge is -2.11. The van der Waals surface area contributed by atoms with E-state index in [9.17, 15) is 9.59 Å². The molecular weight excluding hydrogens is 378 g/mol. The molecule has 0 atom stereocenters. The summed E-state index contributed by atoms with van der Waals surface area (Å²) in [5, 5.41) is 2.89. The average Bonchev–Trinajstić information content (AvgIpc) is 2.64. The summed E-state index contributed by atoms with van der Waals surface area (Å²) < 4.78 is 0.947. The van der Waals surface area contributed by atoms with E-state index in [4.69, 9.17) is 0 Å². The summed E-state index contributed by atoms with van der Waals surface area (Å²) in [4.78, 5) is 25.5. The van der Waals surface area contributed by atoms with Gasteiger partial charge in [-0.3, -0.25) is 9.59 Å². The molecule has 0 aromatic heterocycles. The maximum atomic E-state index is 12.7. The zero-order valence-corrected chi connectivity index (χ0v) is 15.2. The Morgan fingerprint density at radius 1 is 0.840 bits per heavy atom. The van der Waals surface area contributed by atoms with Crippen molar-refractivity contribution in [3.8, 4) is 0 Å². The quantitative estimate of drug-likeness (QED) is 0.615. The van der Waals surface area contributed by atoms with Crippen LogP contribution in [-0.2, 0) is 0 Å². The number of ketones is 1. The van der Waals surface area contributed by atoms with Gasteiger partial charge < -0.3 is 5.32 Å². The van der Waals surface area contributed by atoms with Crippen LogP contribution in [0.15, 0.2) is 77.3 Å². The number of hydrogen-bond donors (Lipinski definition) is 1. The third-order valence-corrected chi connectivity index (χ3v) is 4.38. The number of anilines is 1. The van der Waals surface area contributed by atoms with Crippen LogP contribution in [0.25, 0.3) is 0 Å². The van der Waals surface area contributed by atoms with Crippen LogP contribution in [0.4, 0.5) is 5.69 Å². The molecule has 0 fully saturated rings. The van der Waals surface area contributed by atoms with E-state index in [1.807, 2.05) is 31.2 Å². The van der Waals surface area contributed by atoms with E-state index in [1.165, 1.54) is 0 Å². The number of aryl methyl sites for hydroxylation is 1. The molecule has 0 saturated carbocycles. The second-order valence-electron chi connectivity index (χ2n) is 5.65. The lowest BCUT2D eigenvalue weighted by Crippen LogP contribution is -2.17. The van der Waals surface area contributed by atoms with Crippen molar-refractivity contribution in [1.82, 2.24) is 0 Å². The number of carbonyl (C=O) groups excluding carboxylic acids is 2. The topological polar surface area (TPSA) is 46.2 Å². The van der Waals surface area contributed by atoms with Crippen LogP contribution in [0, 0.1) is 6.92 Å². The minimum atomic E-state index is -0.301. The summed E-state index contributed by atoms with van der Waals surface area (Å²) in [6.45, 7) is 1.92. The molecule has 25 heavy (non-hydrogen) atoms. The number of benzene rings is 3. The first-order chi connectivity index (χ1) is 12.1. The summed E-state index contributed by atoms with van der Waals surface area (Å²) in [5.41, 5.74) is 2.96. The summed E-state index contributed by atoms with van der Waals surface area (Å²) in [6.07, 6.45) is 0. The van der Waals surface area contributed by atoms with E-state index in [-0.39, 0.29) is 11.7 Å². The van der Waals surface area contributed by atoms with E-state index in [1.54, 1.807) is 48.5 Å². The molecule has 0 bridgehead atoms. The first-order valence-corrected chi connectivity index (χ1v) is 8.62. The maximum Gasteiger partial charge on any atom is 0.256 e. The fraction of sp³-hybridized carbons (Fsp3) is 0.0476. The standard InChI is InChI=1S/C21H16BrNO2/c1-14-13-16(22)11-12-19(14)23-21(25)18-10-6-5-9-17(18)20(24)15-7-3-2-4-8-15/h2-13H,1H3,(H,23,25). The van der Waals surface area contributed by atoms with Gasteiger partial charge in [-0.25, -0.2) is 0 Å². The number of halogens is 1. The molecule has 124 valence electrons. The van der Waals surface area contributed by atoms with Crippen LogP contribution in [-0.4, -0.2) is 11.7 Å². The molecular formula is C21H16BrNO2. The van der Waals surface area contributed by atoms with Crippen molar-refractivity contribution in [3.05, 3.63) is 99.5 Å². The molecule has 3 rings (SSSR count).